The summed E-state index contributed by atoms with van der Waals surface area (Å²) in [5.74, 6) is 1.45. The van der Waals surface area contributed by atoms with Crippen LogP contribution in [-0.4, -0.2) is 0 Å². The van der Waals surface area contributed by atoms with Gasteiger partial charge in [-0.3, -0.25) is 0 Å². The Morgan fingerprint density at radius 2 is 0.569 bits per heavy atom. The molecular formula is C56H42N2. The molecule has 0 bridgehead atoms. The molecule has 10 aromatic carbocycles. The van der Waals surface area contributed by atoms with Gasteiger partial charge in [-0.2, -0.15) is 0 Å². The van der Waals surface area contributed by atoms with Crippen molar-refractivity contribution in [1.82, 2.24) is 0 Å². The van der Waals surface area contributed by atoms with E-state index < -0.39 is 0 Å². The fourth-order valence-corrected chi connectivity index (χ4v) is 9.60. The van der Waals surface area contributed by atoms with E-state index in [-0.39, 0.29) is 0 Å². The van der Waals surface area contributed by atoms with Crippen molar-refractivity contribution in [1.29, 1.82) is 0 Å². The number of hydrogen-bond donors (Lipinski definition) is 0. The normalized spacial score (nSPS) is 14.1. The van der Waals surface area contributed by atoms with E-state index in [0.29, 0.717) is 0 Å². The van der Waals surface area contributed by atoms with Crippen LogP contribution >= 0.6 is 0 Å². The third kappa shape index (κ3) is 5.55. The molecule has 0 radical (unpaired) electrons. The molecule has 58 heavy (non-hydrogen) atoms. The first-order chi connectivity index (χ1) is 28.8. The highest BCUT2D eigenvalue weighted by Gasteiger charge is 2.25. The summed E-state index contributed by atoms with van der Waals surface area (Å²) in [5, 5.41) is 12.8. The topological polar surface area (TPSA) is 6.48 Å². The van der Waals surface area contributed by atoms with E-state index in [0.717, 1.165) is 34.6 Å². The number of para-hydroxylation sites is 2. The monoisotopic (exact) mass is 742 g/mol. The molecule has 0 atom stereocenters. The summed E-state index contributed by atoms with van der Waals surface area (Å²) in [6, 6.07) is 72.5. The van der Waals surface area contributed by atoms with E-state index in [1.807, 2.05) is 0 Å². The SMILES string of the molecule is c1ccc(N(c2ccc(C3CC3)cc2)c2ccc3c(c2)c2ccccc2c2c4ccc(N(c5ccccc5)c5ccc(C6CC6)cc5)cc4c4ccccc4c32)cc1. The van der Waals surface area contributed by atoms with Crippen LogP contribution in [-0.2, 0) is 0 Å². The van der Waals surface area contributed by atoms with Crippen LogP contribution in [0.4, 0.5) is 34.1 Å². The molecule has 0 aliphatic heterocycles. The van der Waals surface area contributed by atoms with Crippen LogP contribution in [0.1, 0.15) is 48.6 Å². The van der Waals surface area contributed by atoms with E-state index in [2.05, 4.69) is 204 Å². The second kappa shape index (κ2) is 13.4. The van der Waals surface area contributed by atoms with Crippen LogP contribution in [0, 0.1) is 0 Å². The molecular weight excluding hydrogens is 701 g/mol. The van der Waals surface area contributed by atoms with Gasteiger partial charge in [-0.15, -0.1) is 0 Å². The number of anilines is 6. The van der Waals surface area contributed by atoms with Crippen molar-refractivity contribution in [3.8, 4) is 0 Å². The van der Waals surface area contributed by atoms with Gasteiger partial charge in [-0.1, -0.05) is 121 Å². The molecule has 2 heteroatoms. The van der Waals surface area contributed by atoms with Gasteiger partial charge in [0, 0.05) is 34.1 Å². The van der Waals surface area contributed by atoms with Crippen molar-refractivity contribution in [2.24, 2.45) is 0 Å². The Morgan fingerprint density at radius 1 is 0.259 bits per heavy atom. The molecule has 0 saturated heterocycles. The van der Waals surface area contributed by atoms with Crippen LogP contribution in [0.3, 0.4) is 0 Å². The number of nitrogens with zero attached hydrogens (tertiary/aromatic N) is 2. The minimum Gasteiger partial charge on any atom is -0.310 e. The molecule has 0 unspecified atom stereocenters. The Labute approximate surface area is 339 Å². The molecule has 0 amide bonds. The van der Waals surface area contributed by atoms with Gasteiger partial charge in [0.25, 0.3) is 0 Å². The highest BCUT2D eigenvalue weighted by atomic mass is 15.1. The lowest BCUT2D eigenvalue weighted by Crippen LogP contribution is -2.10. The van der Waals surface area contributed by atoms with Gasteiger partial charge < -0.3 is 9.80 Å². The maximum Gasteiger partial charge on any atom is 0.0468 e. The summed E-state index contributed by atoms with van der Waals surface area (Å²) in [6.45, 7) is 0. The standard InChI is InChI=1S/C56H42N2/c1-3-11-41(12-4-1)57(43-27-23-39(24-28-43)37-19-20-37)45-31-33-51-53(35-45)47-15-7-9-17-49(47)56-52-34-32-46(36-54(52)48-16-8-10-18-50(48)55(51)56)58(42-13-5-2-6-14-42)44-29-25-40(26-30-44)38-21-22-38/h1-18,23-38H,19-22H2. The predicted molar refractivity (Wildman–Crippen MR) is 247 cm³/mol. The zero-order valence-electron chi connectivity index (χ0n) is 32.4. The van der Waals surface area contributed by atoms with Crippen LogP contribution in [0.2, 0.25) is 0 Å². The smallest absolute Gasteiger partial charge is 0.0468 e. The van der Waals surface area contributed by atoms with Gasteiger partial charge in [-0.25, -0.2) is 0 Å². The maximum absolute atomic E-state index is 2.42. The third-order valence-corrected chi connectivity index (χ3v) is 12.7. The lowest BCUT2D eigenvalue weighted by molar-refractivity contribution is 1.13. The van der Waals surface area contributed by atoms with Crippen molar-refractivity contribution in [2.45, 2.75) is 37.5 Å². The average molecular weight is 743 g/mol. The van der Waals surface area contributed by atoms with Crippen molar-refractivity contribution >= 4 is 88.0 Å². The van der Waals surface area contributed by atoms with Crippen molar-refractivity contribution in [3.05, 3.63) is 205 Å². The molecule has 0 N–H and O–H groups in total. The van der Waals surface area contributed by atoms with Crippen LogP contribution in [0.25, 0.3) is 53.9 Å². The van der Waals surface area contributed by atoms with Gasteiger partial charge in [0.2, 0.25) is 0 Å². The molecule has 2 nitrogen and oxygen atoms in total. The number of rotatable bonds is 8. The zero-order valence-corrected chi connectivity index (χ0v) is 32.4. The molecule has 0 heterocycles. The van der Waals surface area contributed by atoms with Gasteiger partial charge in [-0.05, 0) is 175 Å². The Balaban J connectivity index is 1.09. The molecule has 276 valence electrons. The van der Waals surface area contributed by atoms with Gasteiger partial charge in [0.1, 0.15) is 0 Å². The summed E-state index contributed by atoms with van der Waals surface area (Å²) in [7, 11) is 0. The maximum atomic E-state index is 2.42. The molecule has 2 saturated carbocycles. The summed E-state index contributed by atoms with van der Waals surface area (Å²) >= 11 is 0. The zero-order chi connectivity index (χ0) is 38.2. The van der Waals surface area contributed by atoms with Gasteiger partial charge in [0.15, 0.2) is 0 Å². The third-order valence-electron chi connectivity index (χ3n) is 12.7. The summed E-state index contributed by atoms with van der Waals surface area (Å²) in [5.41, 5.74) is 9.88. The van der Waals surface area contributed by atoms with Crippen LogP contribution in [0.15, 0.2) is 194 Å². The Bertz CT molecular complexity index is 2940. The highest BCUT2D eigenvalue weighted by molar-refractivity contribution is 6.39. The number of benzene rings is 10. The molecule has 0 spiro atoms. The van der Waals surface area contributed by atoms with Gasteiger partial charge in [0.05, 0.1) is 0 Å². The second-order valence-corrected chi connectivity index (χ2v) is 16.4. The largest absolute Gasteiger partial charge is 0.310 e. The highest BCUT2D eigenvalue weighted by Crippen LogP contribution is 2.48. The van der Waals surface area contributed by atoms with E-state index in [1.165, 1.54) is 102 Å². The molecule has 12 rings (SSSR count). The van der Waals surface area contributed by atoms with E-state index in [9.17, 15) is 0 Å². The van der Waals surface area contributed by atoms with E-state index >= 15 is 0 Å². The van der Waals surface area contributed by atoms with E-state index in [4.69, 9.17) is 0 Å². The molecule has 2 fully saturated rings. The molecule has 10 aromatic rings. The first-order valence-electron chi connectivity index (χ1n) is 20.9. The second-order valence-electron chi connectivity index (χ2n) is 16.4. The predicted octanol–water partition coefficient (Wildman–Crippen LogP) is 16.1. The Hall–Kier alpha value is -6.90. The Kier molecular flexibility index (Phi) is 7.66. The summed E-state index contributed by atoms with van der Waals surface area (Å²) in [4.78, 5) is 4.82. The van der Waals surface area contributed by atoms with E-state index in [1.54, 1.807) is 0 Å². The quantitative estimate of drug-likeness (QED) is 0.143. The summed E-state index contributed by atoms with van der Waals surface area (Å²) < 4.78 is 0. The van der Waals surface area contributed by atoms with Crippen LogP contribution < -0.4 is 9.80 Å². The first kappa shape index (κ1) is 33.3. The number of fused-ring (bicyclic) bond motifs is 11. The fraction of sp³-hybridized carbons (Fsp3) is 0.107. The van der Waals surface area contributed by atoms with Crippen molar-refractivity contribution in [2.75, 3.05) is 9.80 Å². The van der Waals surface area contributed by atoms with Crippen molar-refractivity contribution < 1.29 is 0 Å². The lowest BCUT2D eigenvalue weighted by atomic mass is 9.87. The summed E-state index contributed by atoms with van der Waals surface area (Å²) in [6.07, 6.45) is 5.22. The van der Waals surface area contributed by atoms with Crippen molar-refractivity contribution in [3.63, 3.8) is 0 Å². The Morgan fingerprint density at radius 3 is 0.948 bits per heavy atom. The fourth-order valence-electron chi connectivity index (χ4n) is 9.60. The lowest BCUT2D eigenvalue weighted by Gasteiger charge is -2.27. The first-order valence-corrected chi connectivity index (χ1v) is 20.9. The number of hydrogen-bond acceptors (Lipinski definition) is 2. The minimum absolute atomic E-state index is 0.726. The molecule has 2 aliphatic rings. The minimum atomic E-state index is 0.726. The van der Waals surface area contributed by atoms with Crippen LogP contribution in [0.5, 0.6) is 0 Å². The molecule has 0 aromatic heterocycles. The van der Waals surface area contributed by atoms with Gasteiger partial charge >= 0.3 is 0 Å². The molecule has 2 aliphatic carbocycles. The average Bonchev–Trinajstić information content (AvgIpc) is 4.23.